The van der Waals surface area contributed by atoms with Crippen LogP contribution < -0.4 is 11.1 Å². The summed E-state index contributed by atoms with van der Waals surface area (Å²) in [5.41, 5.74) is 8.43. The van der Waals surface area contributed by atoms with E-state index in [0.717, 1.165) is 49.1 Å². The second-order valence-electron chi connectivity index (χ2n) is 7.30. The topological polar surface area (TPSA) is 110 Å². The second-order valence-corrected chi connectivity index (χ2v) is 7.71. The molecule has 7 nitrogen and oxygen atoms in total. The van der Waals surface area contributed by atoms with Crippen molar-refractivity contribution in [2.24, 2.45) is 0 Å². The highest BCUT2D eigenvalue weighted by Gasteiger charge is 2.43. The van der Waals surface area contributed by atoms with Crippen molar-refractivity contribution in [3.05, 3.63) is 35.0 Å². The van der Waals surface area contributed by atoms with Crippen molar-refractivity contribution in [3.8, 4) is 11.3 Å². The second kappa shape index (κ2) is 9.07. The molecule has 0 saturated carbocycles. The van der Waals surface area contributed by atoms with Gasteiger partial charge in [0.05, 0.1) is 35.0 Å². The van der Waals surface area contributed by atoms with Gasteiger partial charge in [-0.3, -0.25) is 4.79 Å². The molecule has 1 atom stereocenters. The molecular formula is C21H27ClN4O3. The highest BCUT2D eigenvalue weighted by atomic mass is 35.5. The third-order valence-corrected chi connectivity index (χ3v) is 5.87. The van der Waals surface area contributed by atoms with Gasteiger partial charge in [-0.25, -0.2) is 9.97 Å². The average molecular weight is 419 g/mol. The Balaban J connectivity index is 0.000000290. The largest absolute Gasteiger partial charge is 0.391 e. The van der Waals surface area contributed by atoms with Crippen LogP contribution >= 0.6 is 11.6 Å². The highest BCUT2D eigenvalue weighted by Crippen LogP contribution is 2.44. The number of amides is 1. The van der Waals surface area contributed by atoms with Gasteiger partial charge in [0.1, 0.15) is 0 Å². The summed E-state index contributed by atoms with van der Waals surface area (Å²) in [5, 5.41) is 12.2. The Morgan fingerprint density at radius 1 is 1.38 bits per heavy atom. The first-order chi connectivity index (χ1) is 13.9. The molecule has 2 aliphatic rings. The molecule has 0 spiro atoms. The van der Waals surface area contributed by atoms with E-state index in [-0.39, 0.29) is 18.0 Å². The van der Waals surface area contributed by atoms with Crippen molar-refractivity contribution in [1.29, 1.82) is 0 Å². The molecule has 1 fully saturated rings. The fourth-order valence-corrected chi connectivity index (χ4v) is 4.02. The molecule has 0 radical (unpaired) electrons. The number of rotatable bonds is 3. The van der Waals surface area contributed by atoms with Gasteiger partial charge in [-0.1, -0.05) is 31.5 Å². The summed E-state index contributed by atoms with van der Waals surface area (Å²) >= 11 is 6.19. The Hall–Kier alpha value is -2.22. The lowest BCUT2D eigenvalue weighted by molar-refractivity contribution is -0.121. The first kappa shape index (κ1) is 21.5. The average Bonchev–Trinajstić information content (AvgIpc) is 3.01. The summed E-state index contributed by atoms with van der Waals surface area (Å²) in [7, 11) is 0. The van der Waals surface area contributed by atoms with Crippen LogP contribution in [-0.2, 0) is 14.9 Å². The van der Waals surface area contributed by atoms with Crippen LogP contribution in [0.4, 0.5) is 11.6 Å². The number of aromatic nitrogens is 2. The summed E-state index contributed by atoms with van der Waals surface area (Å²) in [5.74, 6) is 0.226. The van der Waals surface area contributed by atoms with E-state index in [9.17, 15) is 4.79 Å². The van der Waals surface area contributed by atoms with E-state index < -0.39 is 5.41 Å². The molecule has 8 heteroatoms. The van der Waals surface area contributed by atoms with Crippen LogP contribution in [0.5, 0.6) is 0 Å². The number of nitrogens with zero attached hydrogens (tertiary/aromatic N) is 2. The van der Waals surface area contributed by atoms with Crippen molar-refractivity contribution < 1.29 is 14.6 Å². The van der Waals surface area contributed by atoms with E-state index in [1.54, 1.807) is 0 Å². The molecule has 29 heavy (non-hydrogen) atoms. The zero-order chi connectivity index (χ0) is 21.0. The van der Waals surface area contributed by atoms with Crippen LogP contribution in [0.2, 0.25) is 5.02 Å². The normalized spacial score (nSPS) is 19.7. The first-order valence-electron chi connectivity index (χ1n) is 9.91. The number of nitrogen functional groups attached to an aromatic ring is 1. The van der Waals surface area contributed by atoms with Crippen LogP contribution in [0.3, 0.4) is 0 Å². The molecule has 156 valence electrons. The van der Waals surface area contributed by atoms with Crippen LogP contribution in [0.15, 0.2) is 24.4 Å². The van der Waals surface area contributed by atoms with E-state index >= 15 is 0 Å². The minimum atomic E-state index is -0.490. The SMILES string of the molecule is CCC1(CC)C(=O)Nc2ccc(-c3nc(N)ncc3Cl)cc21.OC1CCCOC1. The number of nitrogens with two attached hydrogens (primary N) is 1. The van der Waals surface area contributed by atoms with Gasteiger partial charge in [-0.2, -0.15) is 0 Å². The van der Waals surface area contributed by atoms with Gasteiger partial charge >= 0.3 is 0 Å². The number of anilines is 2. The lowest BCUT2D eigenvalue weighted by Crippen LogP contribution is -2.32. The van der Waals surface area contributed by atoms with Crippen molar-refractivity contribution in [1.82, 2.24) is 9.97 Å². The number of aliphatic hydroxyl groups is 1. The molecule has 2 aromatic rings. The zero-order valence-corrected chi connectivity index (χ0v) is 17.5. The molecule has 4 rings (SSSR count). The van der Waals surface area contributed by atoms with E-state index in [1.165, 1.54) is 6.20 Å². The van der Waals surface area contributed by atoms with Gasteiger partial charge in [-0.15, -0.1) is 0 Å². The molecule has 2 aliphatic heterocycles. The molecule has 0 bridgehead atoms. The molecule has 3 heterocycles. The number of aliphatic hydroxyl groups excluding tert-OH is 1. The van der Waals surface area contributed by atoms with Crippen LogP contribution in [-0.4, -0.2) is 40.3 Å². The Kier molecular flexibility index (Phi) is 6.72. The molecule has 1 unspecified atom stereocenters. The number of benzene rings is 1. The Morgan fingerprint density at radius 3 is 2.72 bits per heavy atom. The number of fused-ring (bicyclic) bond motifs is 1. The molecule has 1 amide bonds. The van der Waals surface area contributed by atoms with Crippen molar-refractivity contribution in [3.63, 3.8) is 0 Å². The van der Waals surface area contributed by atoms with Gasteiger partial charge < -0.3 is 20.9 Å². The summed E-state index contributed by atoms with van der Waals surface area (Å²) in [4.78, 5) is 20.5. The quantitative estimate of drug-likeness (QED) is 0.703. The lowest BCUT2D eigenvalue weighted by atomic mass is 9.76. The van der Waals surface area contributed by atoms with Crippen LogP contribution in [0.25, 0.3) is 11.3 Å². The number of hydrogen-bond donors (Lipinski definition) is 3. The molecule has 0 aliphatic carbocycles. The van der Waals surface area contributed by atoms with E-state index in [0.29, 0.717) is 17.3 Å². The summed E-state index contributed by atoms with van der Waals surface area (Å²) in [6, 6.07) is 5.76. The Labute approximate surface area is 175 Å². The Morgan fingerprint density at radius 2 is 2.14 bits per heavy atom. The molecule has 1 aromatic heterocycles. The molecule has 1 aromatic carbocycles. The summed E-state index contributed by atoms with van der Waals surface area (Å²) in [6.45, 7) is 5.43. The maximum absolute atomic E-state index is 12.4. The van der Waals surface area contributed by atoms with Gasteiger partial charge in [0.2, 0.25) is 11.9 Å². The molecule has 4 N–H and O–H groups in total. The predicted molar refractivity (Wildman–Crippen MR) is 114 cm³/mol. The number of carbonyl (C=O) groups excluding carboxylic acids is 1. The number of halogens is 1. The number of ether oxygens (including phenoxy) is 1. The van der Waals surface area contributed by atoms with Crippen LogP contribution in [0.1, 0.15) is 45.1 Å². The van der Waals surface area contributed by atoms with Gasteiger partial charge in [0.25, 0.3) is 0 Å². The fraction of sp³-hybridized carbons (Fsp3) is 0.476. The van der Waals surface area contributed by atoms with E-state index in [2.05, 4.69) is 15.3 Å². The fourth-order valence-electron chi connectivity index (χ4n) is 3.82. The highest BCUT2D eigenvalue weighted by molar-refractivity contribution is 6.33. The van der Waals surface area contributed by atoms with Crippen molar-refractivity contribution in [2.45, 2.75) is 51.0 Å². The number of nitrogens with one attached hydrogen (secondary N) is 1. The molecular weight excluding hydrogens is 392 g/mol. The van der Waals surface area contributed by atoms with E-state index in [4.69, 9.17) is 27.2 Å². The smallest absolute Gasteiger partial charge is 0.235 e. The maximum Gasteiger partial charge on any atom is 0.235 e. The standard InChI is InChI=1S/C16H17ClN4O.C5H10O2/c1-3-16(4-2)10-7-9(5-6-12(10)20-14(16)22)13-11(17)8-19-15(18)21-13;6-5-2-1-3-7-4-5/h5-8H,3-4H2,1-2H3,(H,20,22)(H2,18,19,21);5-6H,1-4H2. The van der Waals surface area contributed by atoms with Gasteiger partial charge in [0, 0.05) is 17.9 Å². The number of carbonyl (C=O) groups is 1. The lowest BCUT2D eigenvalue weighted by Gasteiger charge is -2.24. The molecule has 1 saturated heterocycles. The van der Waals surface area contributed by atoms with Crippen molar-refractivity contribution >= 4 is 29.1 Å². The maximum atomic E-state index is 12.4. The summed E-state index contributed by atoms with van der Waals surface area (Å²) < 4.78 is 4.93. The third-order valence-electron chi connectivity index (χ3n) is 5.60. The van der Waals surface area contributed by atoms with Crippen molar-refractivity contribution in [2.75, 3.05) is 24.3 Å². The first-order valence-corrected chi connectivity index (χ1v) is 10.3. The monoisotopic (exact) mass is 418 g/mol. The van der Waals surface area contributed by atoms with Gasteiger partial charge in [-0.05, 0) is 43.4 Å². The minimum Gasteiger partial charge on any atom is -0.391 e. The summed E-state index contributed by atoms with van der Waals surface area (Å²) in [6.07, 6.45) is 4.72. The van der Waals surface area contributed by atoms with E-state index in [1.807, 2.05) is 32.0 Å². The zero-order valence-electron chi connectivity index (χ0n) is 16.7. The third kappa shape index (κ3) is 4.37. The Bertz CT molecular complexity index is 880. The van der Waals surface area contributed by atoms with Crippen LogP contribution in [0, 0.1) is 0 Å². The number of hydrogen-bond acceptors (Lipinski definition) is 6. The van der Waals surface area contributed by atoms with Gasteiger partial charge in [0.15, 0.2) is 0 Å². The minimum absolute atomic E-state index is 0.0537. The predicted octanol–water partition coefficient (Wildman–Crippen LogP) is 3.55.